The highest BCUT2D eigenvalue weighted by atomic mass is 19.1. The van der Waals surface area contributed by atoms with Crippen molar-refractivity contribution in [3.05, 3.63) is 77.6 Å². The second-order valence-electron chi connectivity index (χ2n) is 7.49. The Hall–Kier alpha value is -2.46. The normalized spacial score (nSPS) is 17.7. The smallest absolute Gasteiger partial charge is 0.220 e. The molecule has 0 radical (unpaired) electrons. The second kappa shape index (κ2) is 10.8. The molecule has 1 aliphatic rings. The summed E-state index contributed by atoms with van der Waals surface area (Å²) in [4.78, 5) is 14.6. The van der Waals surface area contributed by atoms with E-state index in [1.165, 1.54) is 24.5 Å². The number of rotatable bonds is 8. The van der Waals surface area contributed by atoms with Crippen LogP contribution in [0.5, 0.6) is 0 Å². The van der Waals surface area contributed by atoms with Crippen molar-refractivity contribution in [2.45, 2.75) is 32.2 Å². The first-order chi connectivity index (χ1) is 13.7. The van der Waals surface area contributed by atoms with Gasteiger partial charge in [-0.3, -0.25) is 9.69 Å². The topological polar surface area (TPSA) is 32.3 Å². The average molecular weight is 381 g/mol. The lowest BCUT2D eigenvalue weighted by Crippen LogP contribution is -2.36. The molecular weight excluding hydrogens is 351 g/mol. The van der Waals surface area contributed by atoms with Crippen LogP contribution in [0.25, 0.3) is 6.08 Å². The third-order valence-corrected chi connectivity index (χ3v) is 5.29. The van der Waals surface area contributed by atoms with Crippen molar-refractivity contribution in [3.63, 3.8) is 0 Å². The zero-order valence-corrected chi connectivity index (χ0v) is 16.3. The molecule has 2 aromatic carbocycles. The maximum atomic E-state index is 13.6. The van der Waals surface area contributed by atoms with Gasteiger partial charge in [-0.2, -0.15) is 0 Å². The predicted octanol–water partition coefficient (Wildman–Crippen LogP) is 4.65. The lowest BCUT2D eigenvalue weighted by molar-refractivity contribution is -0.121. The molecule has 0 bridgehead atoms. The third-order valence-electron chi connectivity index (χ3n) is 5.29. The molecule has 1 N–H and O–H groups in total. The zero-order chi connectivity index (χ0) is 19.6. The quantitative estimate of drug-likeness (QED) is 0.723. The molecule has 1 saturated heterocycles. The summed E-state index contributed by atoms with van der Waals surface area (Å²) in [5.41, 5.74) is 1.76. The highest BCUT2D eigenvalue weighted by Crippen LogP contribution is 2.21. The molecule has 3 rings (SSSR count). The minimum Gasteiger partial charge on any atom is -0.352 e. The predicted molar refractivity (Wildman–Crippen MR) is 112 cm³/mol. The van der Waals surface area contributed by atoms with Gasteiger partial charge >= 0.3 is 0 Å². The highest BCUT2D eigenvalue weighted by molar-refractivity contribution is 5.75. The molecule has 0 saturated carbocycles. The van der Waals surface area contributed by atoms with Crippen LogP contribution in [0, 0.1) is 11.7 Å². The van der Waals surface area contributed by atoms with Crippen LogP contribution >= 0.6 is 0 Å². The summed E-state index contributed by atoms with van der Waals surface area (Å²) < 4.78 is 13.6. The maximum absolute atomic E-state index is 13.6. The van der Waals surface area contributed by atoms with Gasteiger partial charge in [0.2, 0.25) is 5.91 Å². The van der Waals surface area contributed by atoms with E-state index in [0.29, 0.717) is 17.9 Å². The number of halogens is 1. The Morgan fingerprint density at radius 2 is 1.93 bits per heavy atom. The van der Waals surface area contributed by atoms with Gasteiger partial charge in [-0.05, 0) is 43.4 Å². The maximum Gasteiger partial charge on any atom is 0.220 e. The first kappa shape index (κ1) is 20.3. The van der Waals surface area contributed by atoms with Gasteiger partial charge in [0.1, 0.15) is 5.82 Å². The molecule has 28 heavy (non-hydrogen) atoms. The fourth-order valence-corrected chi connectivity index (χ4v) is 3.71. The standard InChI is InChI=1S/C24H29FN2O/c25-23-13-5-4-12-22(23)18-26-24(28)15-14-21-11-7-17-27(19-21)16-6-10-20-8-2-1-3-9-20/h1-6,8-10,12-13,21H,7,11,14-19H2,(H,26,28)/b10-6+/t21-/m0/s1. The number of piperidine rings is 1. The molecule has 1 amide bonds. The summed E-state index contributed by atoms with van der Waals surface area (Å²) in [5.74, 6) is 0.289. The lowest BCUT2D eigenvalue weighted by atomic mass is 9.93. The fourth-order valence-electron chi connectivity index (χ4n) is 3.71. The van der Waals surface area contributed by atoms with Crippen LogP contribution in [0.4, 0.5) is 4.39 Å². The minimum absolute atomic E-state index is 0.00403. The molecular formula is C24H29FN2O. The van der Waals surface area contributed by atoms with Gasteiger partial charge in [-0.25, -0.2) is 4.39 Å². The summed E-state index contributed by atoms with van der Waals surface area (Å²) >= 11 is 0. The molecule has 1 atom stereocenters. The Balaban J connectivity index is 1.37. The van der Waals surface area contributed by atoms with Gasteiger partial charge in [-0.1, -0.05) is 60.7 Å². The zero-order valence-electron chi connectivity index (χ0n) is 16.3. The van der Waals surface area contributed by atoms with Crippen LogP contribution in [-0.4, -0.2) is 30.4 Å². The molecule has 0 spiro atoms. The SMILES string of the molecule is O=C(CC[C@@H]1CCCN(C/C=C/c2ccccc2)C1)NCc1ccccc1F. The molecule has 1 aliphatic heterocycles. The van der Waals surface area contributed by atoms with E-state index in [1.54, 1.807) is 18.2 Å². The summed E-state index contributed by atoms with van der Waals surface area (Å²) in [5, 5.41) is 2.84. The number of nitrogens with one attached hydrogen (secondary N) is 1. The Labute approximate surface area is 167 Å². The third kappa shape index (κ3) is 6.61. The van der Waals surface area contributed by atoms with Crippen LogP contribution in [0.3, 0.4) is 0 Å². The fraction of sp³-hybridized carbons (Fsp3) is 0.375. The van der Waals surface area contributed by atoms with Crippen LogP contribution < -0.4 is 5.32 Å². The number of amides is 1. The molecule has 0 unspecified atom stereocenters. The Bertz CT molecular complexity index is 775. The first-order valence-corrected chi connectivity index (χ1v) is 10.1. The van der Waals surface area contributed by atoms with Crippen LogP contribution in [0.1, 0.15) is 36.8 Å². The summed E-state index contributed by atoms with van der Waals surface area (Å²) in [6.45, 7) is 3.37. The van der Waals surface area contributed by atoms with E-state index in [4.69, 9.17) is 0 Å². The molecule has 3 nitrogen and oxygen atoms in total. The summed E-state index contributed by atoms with van der Waals surface area (Å²) in [7, 11) is 0. The van der Waals surface area contributed by atoms with E-state index in [2.05, 4.69) is 34.5 Å². The van der Waals surface area contributed by atoms with Crippen molar-refractivity contribution in [2.75, 3.05) is 19.6 Å². The van der Waals surface area contributed by atoms with Crippen molar-refractivity contribution in [3.8, 4) is 0 Å². The van der Waals surface area contributed by atoms with Crippen molar-refractivity contribution in [1.82, 2.24) is 10.2 Å². The monoisotopic (exact) mass is 380 g/mol. The van der Waals surface area contributed by atoms with Crippen LogP contribution in [0.15, 0.2) is 60.7 Å². The second-order valence-corrected chi connectivity index (χ2v) is 7.49. The van der Waals surface area contributed by atoms with E-state index < -0.39 is 0 Å². The highest BCUT2D eigenvalue weighted by Gasteiger charge is 2.19. The van der Waals surface area contributed by atoms with Crippen molar-refractivity contribution in [2.24, 2.45) is 5.92 Å². The molecule has 2 aromatic rings. The van der Waals surface area contributed by atoms with Gasteiger partial charge in [0, 0.05) is 31.6 Å². The van der Waals surface area contributed by atoms with E-state index in [-0.39, 0.29) is 18.3 Å². The molecule has 148 valence electrons. The van der Waals surface area contributed by atoms with Crippen molar-refractivity contribution >= 4 is 12.0 Å². The summed E-state index contributed by atoms with van der Waals surface area (Å²) in [6.07, 6.45) is 8.15. The van der Waals surface area contributed by atoms with Gasteiger partial charge in [-0.15, -0.1) is 0 Å². The number of likely N-dealkylation sites (tertiary alicyclic amines) is 1. The van der Waals surface area contributed by atoms with E-state index in [0.717, 1.165) is 26.1 Å². The van der Waals surface area contributed by atoms with Crippen LogP contribution in [-0.2, 0) is 11.3 Å². The van der Waals surface area contributed by atoms with E-state index >= 15 is 0 Å². The number of hydrogen-bond donors (Lipinski definition) is 1. The molecule has 0 aliphatic carbocycles. The number of carbonyl (C=O) groups excluding carboxylic acids is 1. The number of nitrogens with zero attached hydrogens (tertiary/aromatic N) is 1. The van der Waals surface area contributed by atoms with Gasteiger partial charge in [0.25, 0.3) is 0 Å². The Kier molecular flexibility index (Phi) is 7.80. The largest absolute Gasteiger partial charge is 0.352 e. The summed E-state index contributed by atoms with van der Waals surface area (Å²) in [6, 6.07) is 16.9. The number of benzene rings is 2. The molecule has 0 aromatic heterocycles. The van der Waals surface area contributed by atoms with Gasteiger partial charge in [0.05, 0.1) is 0 Å². The molecule has 1 fully saturated rings. The van der Waals surface area contributed by atoms with Crippen molar-refractivity contribution < 1.29 is 9.18 Å². The van der Waals surface area contributed by atoms with Gasteiger partial charge < -0.3 is 5.32 Å². The van der Waals surface area contributed by atoms with Gasteiger partial charge in [0.15, 0.2) is 0 Å². The van der Waals surface area contributed by atoms with E-state index in [9.17, 15) is 9.18 Å². The molecule has 4 heteroatoms. The first-order valence-electron chi connectivity index (χ1n) is 10.1. The van der Waals surface area contributed by atoms with Crippen LogP contribution in [0.2, 0.25) is 0 Å². The average Bonchev–Trinajstić information content (AvgIpc) is 2.73. The Morgan fingerprint density at radius 3 is 2.75 bits per heavy atom. The minimum atomic E-state index is -0.269. The number of hydrogen-bond acceptors (Lipinski definition) is 2. The Morgan fingerprint density at radius 1 is 1.14 bits per heavy atom. The number of carbonyl (C=O) groups is 1. The van der Waals surface area contributed by atoms with Crippen molar-refractivity contribution in [1.29, 1.82) is 0 Å². The molecule has 1 heterocycles. The van der Waals surface area contributed by atoms with E-state index in [1.807, 2.05) is 18.2 Å². The lowest BCUT2D eigenvalue weighted by Gasteiger charge is -2.31.